The van der Waals surface area contributed by atoms with Crippen LogP contribution >= 0.6 is 0 Å². The van der Waals surface area contributed by atoms with Crippen molar-refractivity contribution in [1.29, 1.82) is 0 Å². The molecule has 28 heavy (non-hydrogen) atoms. The summed E-state index contributed by atoms with van der Waals surface area (Å²) in [4.78, 5) is 21.9. The number of carbonyl (C=O) groups excluding carboxylic acids is 1. The van der Waals surface area contributed by atoms with Gasteiger partial charge in [0.25, 0.3) is 0 Å². The van der Waals surface area contributed by atoms with E-state index < -0.39 is 0 Å². The van der Waals surface area contributed by atoms with Gasteiger partial charge < -0.3 is 9.13 Å². The number of hydrogen-bond acceptors (Lipinski definition) is 3. The number of rotatable bonds is 6. The van der Waals surface area contributed by atoms with E-state index in [2.05, 4.69) is 34.4 Å². The summed E-state index contributed by atoms with van der Waals surface area (Å²) in [5.41, 5.74) is 3.75. The minimum atomic E-state index is -0.347. The van der Waals surface area contributed by atoms with Gasteiger partial charge in [-0.25, -0.2) is 14.8 Å². The van der Waals surface area contributed by atoms with Gasteiger partial charge in [-0.05, 0) is 37.1 Å². The third-order valence-electron chi connectivity index (χ3n) is 4.65. The molecule has 2 heterocycles. The quantitative estimate of drug-likeness (QED) is 0.505. The Balaban J connectivity index is 1.62. The highest BCUT2D eigenvalue weighted by molar-refractivity contribution is 5.99. The minimum absolute atomic E-state index is 0.347. The maximum Gasteiger partial charge on any atom is 0.328 e. The maximum absolute atomic E-state index is 12.7. The molecule has 2 aromatic heterocycles. The van der Waals surface area contributed by atoms with E-state index in [0.717, 1.165) is 48.0 Å². The van der Waals surface area contributed by atoms with Crippen molar-refractivity contribution in [3.05, 3.63) is 48.5 Å². The summed E-state index contributed by atoms with van der Waals surface area (Å²) in [7, 11) is 0. The molecule has 4 aromatic rings. The lowest BCUT2D eigenvalue weighted by molar-refractivity contribution is 0.261. The first-order valence-corrected chi connectivity index (χ1v) is 9.69. The second kappa shape index (κ2) is 7.72. The molecule has 0 spiro atoms. The molecule has 0 atom stereocenters. The summed E-state index contributed by atoms with van der Waals surface area (Å²) in [5, 5.41) is 5.79. The number of anilines is 2. The molecule has 4 rings (SSSR count). The average molecular weight is 376 g/mol. The van der Waals surface area contributed by atoms with E-state index in [1.807, 2.05) is 57.7 Å². The smallest absolute Gasteiger partial charge is 0.310 e. The van der Waals surface area contributed by atoms with E-state index in [1.54, 1.807) is 0 Å². The third-order valence-corrected chi connectivity index (χ3v) is 4.65. The van der Waals surface area contributed by atoms with Crippen molar-refractivity contribution in [2.45, 2.75) is 39.8 Å². The number of para-hydroxylation sites is 4. The fourth-order valence-electron chi connectivity index (χ4n) is 3.48. The summed E-state index contributed by atoms with van der Waals surface area (Å²) < 4.78 is 4.06. The molecule has 0 radical (unpaired) electrons. The number of aryl methyl sites for hydroxylation is 2. The van der Waals surface area contributed by atoms with Gasteiger partial charge in [-0.1, -0.05) is 38.1 Å². The van der Waals surface area contributed by atoms with Crippen LogP contribution in [-0.2, 0) is 13.1 Å². The van der Waals surface area contributed by atoms with Gasteiger partial charge in [0.1, 0.15) is 0 Å². The number of imidazole rings is 2. The number of fused-ring (bicyclic) bond motifs is 2. The van der Waals surface area contributed by atoms with Crippen LogP contribution < -0.4 is 10.6 Å². The fourth-order valence-corrected chi connectivity index (χ4v) is 3.48. The van der Waals surface area contributed by atoms with Crippen LogP contribution in [0.2, 0.25) is 0 Å². The molecule has 0 saturated heterocycles. The van der Waals surface area contributed by atoms with Crippen molar-refractivity contribution in [1.82, 2.24) is 19.1 Å². The zero-order valence-electron chi connectivity index (χ0n) is 16.1. The van der Waals surface area contributed by atoms with Crippen LogP contribution in [0.1, 0.15) is 26.7 Å². The molecule has 2 amide bonds. The number of amides is 2. The van der Waals surface area contributed by atoms with E-state index in [9.17, 15) is 4.79 Å². The molecule has 0 saturated carbocycles. The highest BCUT2D eigenvalue weighted by atomic mass is 16.2. The van der Waals surface area contributed by atoms with Crippen LogP contribution in [0.5, 0.6) is 0 Å². The van der Waals surface area contributed by atoms with Crippen LogP contribution in [0.3, 0.4) is 0 Å². The molecule has 7 heteroatoms. The normalized spacial score (nSPS) is 11.2. The first kappa shape index (κ1) is 18.0. The van der Waals surface area contributed by atoms with Gasteiger partial charge in [-0.3, -0.25) is 10.6 Å². The second-order valence-corrected chi connectivity index (χ2v) is 6.73. The molecule has 0 aliphatic heterocycles. The molecular formula is C21H24N6O. The van der Waals surface area contributed by atoms with E-state index >= 15 is 0 Å². The number of nitrogens with one attached hydrogen (secondary N) is 2. The predicted octanol–water partition coefficient (Wildman–Crippen LogP) is 4.85. The minimum Gasteiger partial charge on any atom is -0.310 e. The van der Waals surface area contributed by atoms with Crippen LogP contribution in [0.4, 0.5) is 16.7 Å². The Labute approximate surface area is 163 Å². The van der Waals surface area contributed by atoms with Gasteiger partial charge in [0.15, 0.2) is 0 Å². The van der Waals surface area contributed by atoms with Crippen LogP contribution in [-0.4, -0.2) is 25.1 Å². The summed E-state index contributed by atoms with van der Waals surface area (Å²) >= 11 is 0. The Morgan fingerprint density at radius 2 is 1.21 bits per heavy atom. The lowest BCUT2D eigenvalue weighted by Crippen LogP contribution is -2.24. The molecule has 0 bridgehead atoms. The Morgan fingerprint density at radius 1 is 0.786 bits per heavy atom. The standard InChI is InChI=1S/C21H24N6O/c1-3-13-26-17-11-7-5-9-15(17)22-19(26)24-21(28)25-20-23-16-10-6-8-12-18(16)27(20)14-4-2/h5-12H,3-4,13-14H2,1-2H3,(H2,22,23,24,25,28). The first-order valence-electron chi connectivity index (χ1n) is 9.69. The molecule has 2 N–H and O–H groups in total. The van der Waals surface area contributed by atoms with Gasteiger partial charge in [0.05, 0.1) is 22.1 Å². The highest BCUT2D eigenvalue weighted by Crippen LogP contribution is 2.22. The van der Waals surface area contributed by atoms with E-state index in [1.165, 1.54) is 0 Å². The van der Waals surface area contributed by atoms with E-state index in [-0.39, 0.29) is 6.03 Å². The Hall–Kier alpha value is -3.35. The summed E-state index contributed by atoms with van der Waals surface area (Å²) in [6.07, 6.45) is 1.89. The second-order valence-electron chi connectivity index (χ2n) is 6.73. The fraction of sp³-hybridized carbons (Fsp3) is 0.286. The highest BCUT2D eigenvalue weighted by Gasteiger charge is 2.16. The molecular weight excluding hydrogens is 352 g/mol. The number of urea groups is 1. The third kappa shape index (κ3) is 3.31. The molecule has 0 fully saturated rings. The van der Waals surface area contributed by atoms with Crippen molar-refractivity contribution >= 4 is 40.0 Å². The van der Waals surface area contributed by atoms with Crippen LogP contribution in [0.15, 0.2) is 48.5 Å². The average Bonchev–Trinajstić information content (AvgIpc) is 3.21. The lowest BCUT2D eigenvalue weighted by Gasteiger charge is -2.11. The predicted molar refractivity (Wildman–Crippen MR) is 113 cm³/mol. The van der Waals surface area contributed by atoms with E-state index in [4.69, 9.17) is 0 Å². The van der Waals surface area contributed by atoms with Gasteiger partial charge in [-0.15, -0.1) is 0 Å². The van der Waals surface area contributed by atoms with Crippen molar-refractivity contribution in [3.63, 3.8) is 0 Å². The number of nitrogens with zero attached hydrogens (tertiary/aromatic N) is 4. The van der Waals surface area contributed by atoms with Gasteiger partial charge in [0.2, 0.25) is 11.9 Å². The van der Waals surface area contributed by atoms with Crippen LogP contribution in [0, 0.1) is 0 Å². The molecule has 144 valence electrons. The van der Waals surface area contributed by atoms with Crippen molar-refractivity contribution in [3.8, 4) is 0 Å². The summed E-state index contributed by atoms with van der Waals surface area (Å²) in [5.74, 6) is 1.08. The summed E-state index contributed by atoms with van der Waals surface area (Å²) in [6, 6.07) is 15.4. The van der Waals surface area contributed by atoms with Gasteiger partial charge in [0, 0.05) is 13.1 Å². The van der Waals surface area contributed by atoms with Gasteiger partial charge >= 0.3 is 6.03 Å². The molecule has 2 aromatic carbocycles. The molecule has 0 aliphatic rings. The maximum atomic E-state index is 12.7. The monoisotopic (exact) mass is 376 g/mol. The Morgan fingerprint density at radius 3 is 1.64 bits per heavy atom. The van der Waals surface area contributed by atoms with Crippen LogP contribution in [0.25, 0.3) is 22.1 Å². The van der Waals surface area contributed by atoms with Crippen molar-refractivity contribution in [2.24, 2.45) is 0 Å². The molecule has 0 unspecified atom stereocenters. The lowest BCUT2D eigenvalue weighted by atomic mass is 10.3. The number of aromatic nitrogens is 4. The van der Waals surface area contributed by atoms with Gasteiger partial charge in [-0.2, -0.15) is 0 Å². The van der Waals surface area contributed by atoms with E-state index in [0.29, 0.717) is 11.9 Å². The SMILES string of the molecule is CCCn1c(NC(=O)Nc2nc3ccccc3n2CCC)nc2ccccc21. The summed E-state index contributed by atoms with van der Waals surface area (Å²) in [6.45, 7) is 5.77. The van der Waals surface area contributed by atoms with Crippen molar-refractivity contribution in [2.75, 3.05) is 10.6 Å². The zero-order valence-corrected chi connectivity index (χ0v) is 16.1. The number of benzene rings is 2. The topological polar surface area (TPSA) is 76.8 Å². The largest absolute Gasteiger partial charge is 0.328 e. The van der Waals surface area contributed by atoms with Crippen molar-refractivity contribution < 1.29 is 4.79 Å². The molecule has 7 nitrogen and oxygen atoms in total. The number of carbonyl (C=O) groups is 1. The molecule has 0 aliphatic carbocycles. The first-order chi connectivity index (χ1) is 13.7. The number of hydrogen-bond donors (Lipinski definition) is 2. The Kier molecular flexibility index (Phi) is 4.97. The zero-order chi connectivity index (χ0) is 19.5. The Bertz CT molecular complexity index is 1040.